The van der Waals surface area contributed by atoms with E-state index in [-0.39, 0.29) is 23.9 Å². The molecule has 0 radical (unpaired) electrons. The Kier molecular flexibility index (Phi) is 6.46. The molecule has 2 aliphatic rings. The summed E-state index contributed by atoms with van der Waals surface area (Å²) in [6.07, 6.45) is 7.79. The summed E-state index contributed by atoms with van der Waals surface area (Å²) in [7, 11) is 0. The molecule has 1 amide bonds. The molecule has 3 atom stereocenters. The van der Waals surface area contributed by atoms with E-state index in [9.17, 15) is 9.18 Å². The summed E-state index contributed by atoms with van der Waals surface area (Å²) >= 11 is 0. The van der Waals surface area contributed by atoms with Crippen LogP contribution in [0.5, 0.6) is 5.88 Å². The second kappa shape index (κ2) is 8.80. The normalized spacial score (nSPS) is 26.3. The Balaban J connectivity index is 1.46. The molecule has 1 N–H and O–H groups in total. The third-order valence-electron chi connectivity index (χ3n) is 5.85. The van der Waals surface area contributed by atoms with Gasteiger partial charge in [-0.2, -0.15) is 0 Å². The molecule has 1 aliphatic heterocycles. The Morgan fingerprint density at radius 3 is 2.73 bits per heavy atom. The van der Waals surface area contributed by atoms with E-state index in [1.54, 1.807) is 6.07 Å². The summed E-state index contributed by atoms with van der Waals surface area (Å²) in [5.41, 5.74) is 0. The number of piperidine rings is 1. The van der Waals surface area contributed by atoms with Crippen molar-refractivity contribution < 1.29 is 13.9 Å². The van der Waals surface area contributed by atoms with Crippen LogP contribution in [0.1, 0.15) is 52.4 Å². The van der Waals surface area contributed by atoms with Gasteiger partial charge in [-0.25, -0.2) is 9.37 Å². The van der Waals surface area contributed by atoms with Crippen molar-refractivity contribution >= 4 is 5.91 Å². The zero-order valence-electron chi connectivity index (χ0n) is 15.8. The number of carbonyl (C=O) groups excluding carboxylic acids is 1. The highest BCUT2D eigenvalue weighted by Crippen LogP contribution is 2.24. The number of amides is 1. The minimum absolute atomic E-state index is 0.0516. The van der Waals surface area contributed by atoms with Crippen LogP contribution in [0.25, 0.3) is 0 Å². The van der Waals surface area contributed by atoms with Crippen LogP contribution < -0.4 is 10.1 Å². The molecule has 5 nitrogen and oxygen atoms in total. The van der Waals surface area contributed by atoms with Crippen molar-refractivity contribution in [3.63, 3.8) is 0 Å². The number of halogens is 1. The average molecular weight is 363 g/mol. The molecule has 0 bridgehead atoms. The van der Waals surface area contributed by atoms with Crippen molar-refractivity contribution in [1.82, 2.24) is 15.2 Å². The van der Waals surface area contributed by atoms with Crippen LogP contribution in [0, 0.1) is 11.7 Å². The Labute approximate surface area is 155 Å². The zero-order valence-corrected chi connectivity index (χ0v) is 15.8. The van der Waals surface area contributed by atoms with Gasteiger partial charge in [0.25, 0.3) is 5.88 Å². The smallest absolute Gasteiger partial charge is 0.250 e. The highest BCUT2D eigenvalue weighted by molar-refractivity contribution is 5.81. The maximum atomic E-state index is 13.7. The van der Waals surface area contributed by atoms with Crippen LogP contribution in [0.4, 0.5) is 4.39 Å². The molecule has 6 heteroatoms. The van der Waals surface area contributed by atoms with Crippen molar-refractivity contribution in [3.05, 3.63) is 24.1 Å². The molecule has 1 aliphatic carbocycles. The zero-order chi connectivity index (χ0) is 18.5. The van der Waals surface area contributed by atoms with E-state index in [2.05, 4.69) is 22.1 Å². The molecule has 1 aromatic rings. The molecule has 2 fully saturated rings. The molecule has 26 heavy (non-hydrogen) atoms. The van der Waals surface area contributed by atoms with Crippen molar-refractivity contribution in [1.29, 1.82) is 0 Å². The number of carbonyl (C=O) groups is 1. The maximum absolute atomic E-state index is 13.7. The number of hydrogen-bond acceptors (Lipinski definition) is 4. The van der Waals surface area contributed by atoms with E-state index in [0.29, 0.717) is 12.0 Å². The largest absolute Gasteiger partial charge is 0.472 e. The van der Waals surface area contributed by atoms with Gasteiger partial charge < -0.3 is 10.1 Å². The van der Waals surface area contributed by atoms with Crippen LogP contribution >= 0.6 is 0 Å². The number of rotatable bonds is 5. The van der Waals surface area contributed by atoms with Gasteiger partial charge in [-0.3, -0.25) is 9.69 Å². The highest BCUT2D eigenvalue weighted by atomic mass is 19.1. The first kappa shape index (κ1) is 19.1. The topological polar surface area (TPSA) is 54.5 Å². The summed E-state index contributed by atoms with van der Waals surface area (Å²) in [4.78, 5) is 18.8. The number of likely N-dealkylation sites (tertiary alicyclic amines) is 1. The molecule has 1 saturated carbocycles. The van der Waals surface area contributed by atoms with Gasteiger partial charge in [0.05, 0.1) is 6.04 Å². The fourth-order valence-corrected chi connectivity index (χ4v) is 4.00. The molecular formula is C20H30FN3O2. The Morgan fingerprint density at radius 1 is 1.31 bits per heavy atom. The van der Waals surface area contributed by atoms with Crippen LogP contribution in [0.15, 0.2) is 18.3 Å². The van der Waals surface area contributed by atoms with E-state index in [1.807, 2.05) is 6.92 Å². The first-order valence-electron chi connectivity index (χ1n) is 9.86. The SMILES string of the molecule is CC1CCCCC1NC(=O)C(C)N1CCC(Oc2ncccc2F)CC1. The maximum Gasteiger partial charge on any atom is 0.250 e. The van der Waals surface area contributed by atoms with Gasteiger partial charge in [-0.1, -0.05) is 19.8 Å². The molecular weight excluding hydrogens is 333 g/mol. The lowest BCUT2D eigenvalue weighted by Crippen LogP contribution is -2.53. The van der Waals surface area contributed by atoms with Gasteiger partial charge in [0.15, 0.2) is 5.82 Å². The van der Waals surface area contributed by atoms with E-state index < -0.39 is 5.82 Å². The number of pyridine rings is 1. The molecule has 144 valence electrons. The van der Waals surface area contributed by atoms with Gasteiger partial charge in [-0.15, -0.1) is 0 Å². The van der Waals surface area contributed by atoms with Gasteiger partial charge in [0.1, 0.15) is 6.10 Å². The van der Waals surface area contributed by atoms with E-state index in [4.69, 9.17) is 4.74 Å². The Hall–Kier alpha value is -1.69. The number of ether oxygens (including phenoxy) is 1. The lowest BCUT2D eigenvalue weighted by atomic mass is 9.86. The summed E-state index contributed by atoms with van der Waals surface area (Å²) in [6, 6.07) is 3.08. The summed E-state index contributed by atoms with van der Waals surface area (Å²) < 4.78 is 19.4. The van der Waals surface area contributed by atoms with Gasteiger partial charge in [0, 0.05) is 25.3 Å². The minimum Gasteiger partial charge on any atom is -0.472 e. The average Bonchev–Trinajstić information content (AvgIpc) is 2.65. The molecule has 0 aromatic carbocycles. The number of hydrogen-bond donors (Lipinski definition) is 1. The molecule has 3 unspecified atom stereocenters. The predicted octanol–water partition coefficient (Wildman–Crippen LogP) is 3.15. The first-order valence-corrected chi connectivity index (χ1v) is 9.86. The quantitative estimate of drug-likeness (QED) is 0.873. The third kappa shape index (κ3) is 4.72. The van der Waals surface area contributed by atoms with Gasteiger partial charge in [0.2, 0.25) is 5.91 Å². The Morgan fingerprint density at radius 2 is 2.04 bits per heavy atom. The lowest BCUT2D eigenvalue weighted by molar-refractivity contribution is -0.128. The predicted molar refractivity (Wildman–Crippen MR) is 98.4 cm³/mol. The second-order valence-electron chi connectivity index (χ2n) is 7.70. The number of nitrogens with zero attached hydrogens (tertiary/aromatic N) is 2. The highest BCUT2D eigenvalue weighted by Gasteiger charge is 2.30. The van der Waals surface area contributed by atoms with E-state index in [1.165, 1.54) is 31.5 Å². The second-order valence-corrected chi connectivity index (χ2v) is 7.70. The van der Waals surface area contributed by atoms with E-state index in [0.717, 1.165) is 32.4 Å². The summed E-state index contributed by atoms with van der Waals surface area (Å²) in [6.45, 7) is 5.75. The van der Waals surface area contributed by atoms with Crippen LogP contribution in [0.2, 0.25) is 0 Å². The molecule has 0 spiro atoms. The monoisotopic (exact) mass is 363 g/mol. The molecule has 1 aromatic heterocycles. The molecule has 1 saturated heterocycles. The standard InChI is InChI=1S/C20H30FN3O2/c1-14-6-3-4-8-18(14)23-19(25)15(2)24-12-9-16(10-13-24)26-20-17(21)7-5-11-22-20/h5,7,11,14-16,18H,3-4,6,8-10,12-13H2,1-2H3,(H,23,25). The summed E-state index contributed by atoms with van der Waals surface area (Å²) in [5.74, 6) is 0.332. The van der Waals surface area contributed by atoms with Gasteiger partial charge in [-0.05, 0) is 50.7 Å². The Bertz CT molecular complexity index is 604. The van der Waals surface area contributed by atoms with Crippen molar-refractivity contribution in [2.75, 3.05) is 13.1 Å². The fraction of sp³-hybridized carbons (Fsp3) is 0.700. The third-order valence-corrected chi connectivity index (χ3v) is 5.85. The summed E-state index contributed by atoms with van der Waals surface area (Å²) in [5, 5.41) is 3.25. The number of aromatic nitrogens is 1. The molecule has 2 heterocycles. The first-order chi connectivity index (χ1) is 12.5. The number of nitrogens with one attached hydrogen (secondary N) is 1. The van der Waals surface area contributed by atoms with Gasteiger partial charge >= 0.3 is 0 Å². The van der Waals surface area contributed by atoms with Crippen molar-refractivity contribution in [3.8, 4) is 5.88 Å². The van der Waals surface area contributed by atoms with Crippen LogP contribution in [-0.2, 0) is 4.79 Å². The lowest BCUT2D eigenvalue weighted by Gasteiger charge is -2.37. The van der Waals surface area contributed by atoms with Crippen LogP contribution in [0.3, 0.4) is 0 Å². The molecule has 3 rings (SSSR count). The van der Waals surface area contributed by atoms with E-state index >= 15 is 0 Å². The fourth-order valence-electron chi connectivity index (χ4n) is 4.00. The van der Waals surface area contributed by atoms with Crippen molar-refractivity contribution in [2.45, 2.75) is 70.6 Å². The van der Waals surface area contributed by atoms with Crippen molar-refractivity contribution in [2.24, 2.45) is 5.92 Å². The minimum atomic E-state index is -0.427. The van der Waals surface area contributed by atoms with Crippen LogP contribution in [-0.4, -0.2) is 47.1 Å².